The molecular formula is C18H14ClN3O2. The van der Waals surface area contributed by atoms with Crippen molar-refractivity contribution in [1.82, 2.24) is 15.0 Å². The molecule has 0 fully saturated rings. The van der Waals surface area contributed by atoms with Gasteiger partial charge in [-0.1, -0.05) is 11.6 Å². The molecular weight excluding hydrogens is 326 g/mol. The van der Waals surface area contributed by atoms with Crippen molar-refractivity contribution >= 4 is 33.8 Å². The van der Waals surface area contributed by atoms with Crippen molar-refractivity contribution in [3.63, 3.8) is 0 Å². The smallest absolute Gasteiger partial charge is 0.192 e. The monoisotopic (exact) mass is 339 g/mol. The summed E-state index contributed by atoms with van der Waals surface area (Å²) in [6.45, 7) is 3.98. The fourth-order valence-electron chi connectivity index (χ4n) is 2.52. The van der Waals surface area contributed by atoms with Crippen LogP contribution in [0.2, 0.25) is 5.15 Å². The highest BCUT2D eigenvalue weighted by Crippen LogP contribution is 2.32. The number of hydrogen-bond acceptors (Lipinski definition) is 5. The lowest BCUT2D eigenvalue weighted by Crippen LogP contribution is -2.05. The number of nitrogens with zero attached hydrogens (tertiary/aromatic N) is 3. The van der Waals surface area contributed by atoms with Crippen molar-refractivity contribution in [1.29, 1.82) is 0 Å². The van der Waals surface area contributed by atoms with Crippen molar-refractivity contribution in [3.8, 4) is 17.1 Å². The Labute approximate surface area is 143 Å². The first kappa shape index (κ1) is 14.9. The highest BCUT2D eigenvalue weighted by atomic mass is 35.5. The van der Waals surface area contributed by atoms with Crippen LogP contribution in [0.1, 0.15) is 13.8 Å². The zero-order valence-electron chi connectivity index (χ0n) is 13.2. The molecule has 4 aromatic rings. The Morgan fingerprint density at radius 3 is 2.58 bits per heavy atom. The summed E-state index contributed by atoms with van der Waals surface area (Å²) >= 11 is 6.29. The minimum atomic E-state index is 0.126. The first-order valence-corrected chi connectivity index (χ1v) is 7.97. The zero-order chi connectivity index (χ0) is 16.7. The standard InChI is InChI=1S/C18H14ClN3O2/c1-10(2)23-12-7-5-11(6-8-12)18-21-15-14-13(4-3-9-20-14)24-16(15)17(19)22-18/h3-10H,1-2H3. The van der Waals surface area contributed by atoms with Crippen molar-refractivity contribution < 1.29 is 9.15 Å². The molecule has 0 aliphatic heterocycles. The molecule has 3 aromatic heterocycles. The first-order valence-electron chi connectivity index (χ1n) is 7.59. The molecule has 0 N–H and O–H groups in total. The van der Waals surface area contributed by atoms with Gasteiger partial charge < -0.3 is 9.15 Å². The number of halogens is 1. The van der Waals surface area contributed by atoms with Crippen LogP contribution >= 0.6 is 11.6 Å². The van der Waals surface area contributed by atoms with Crippen molar-refractivity contribution in [2.24, 2.45) is 0 Å². The van der Waals surface area contributed by atoms with Gasteiger partial charge in [0.2, 0.25) is 0 Å². The van der Waals surface area contributed by atoms with Gasteiger partial charge in [0.25, 0.3) is 0 Å². The van der Waals surface area contributed by atoms with Crippen LogP contribution in [-0.2, 0) is 0 Å². The van der Waals surface area contributed by atoms with E-state index >= 15 is 0 Å². The minimum absolute atomic E-state index is 0.126. The fraction of sp³-hybridized carbons (Fsp3) is 0.167. The summed E-state index contributed by atoms with van der Waals surface area (Å²) in [7, 11) is 0. The second-order valence-corrected chi connectivity index (χ2v) is 6.02. The summed E-state index contributed by atoms with van der Waals surface area (Å²) in [6.07, 6.45) is 1.83. The Hall–Kier alpha value is -2.66. The second-order valence-electron chi connectivity index (χ2n) is 5.66. The van der Waals surface area contributed by atoms with E-state index in [9.17, 15) is 0 Å². The van der Waals surface area contributed by atoms with Crippen LogP contribution in [0.15, 0.2) is 47.0 Å². The summed E-state index contributed by atoms with van der Waals surface area (Å²) in [4.78, 5) is 13.3. The van der Waals surface area contributed by atoms with E-state index in [2.05, 4.69) is 15.0 Å². The summed E-state index contributed by atoms with van der Waals surface area (Å²) < 4.78 is 11.3. The van der Waals surface area contributed by atoms with Crippen LogP contribution in [0.5, 0.6) is 5.75 Å². The van der Waals surface area contributed by atoms with E-state index in [4.69, 9.17) is 20.8 Å². The van der Waals surface area contributed by atoms with Gasteiger partial charge in [-0.3, -0.25) is 4.98 Å². The lowest BCUT2D eigenvalue weighted by molar-refractivity contribution is 0.242. The van der Waals surface area contributed by atoms with Gasteiger partial charge in [0.15, 0.2) is 22.1 Å². The van der Waals surface area contributed by atoms with E-state index < -0.39 is 0 Å². The van der Waals surface area contributed by atoms with Crippen LogP contribution in [0.4, 0.5) is 0 Å². The molecule has 0 spiro atoms. The first-order chi connectivity index (χ1) is 11.6. The lowest BCUT2D eigenvalue weighted by Gasteiger charge is -2.09. The highest BCUT2D eigenvalue weighted by molar-refractivity contribution is 6.34. The molecule has 6 heteroatoms. The van der Waals surface area contributed by atoms with Crippen LogP contribution in [0.25, 0.3) is 33.6 Å². The zero-order valence-corrected chi connectivity index (χ0v) is 13.9. The van der Waals surface area contributed by atoms with Gasteiger partial charge >= 0.3 is 0 Å². The summed E-state index contributed by atoms with van der Waals surface area (Å²) in [5, 5.41) is 0.274. The van der Waals surface area contributed by atoms with Gasteiger partial charge in [-0.25, -0.2) is 9.97 Å². The van der Waals surface area contributed by atoms with Gasteiger partial charge in [0.1, 0.15) is 16.8 Å². The van der Waals surface area contributed by atoms with Gasteiger partial charge in [0.05, 0.1) is 6.10 Å². The number of ether oxygens (including phenoxy) is 1. The molecule has 1 aromatic carbocycles. The molecule has 120 valence electrons. The van der Waals surface area contributed by atoms with E-state index in [0.717, 1.165) is 11.3 Å². The van der Waals surface area contributed by atoms with E-state index in [1.807, 2.05) is 44.2 Å². The number of furan rings is 1. The number of benzene rings is 1. The molecule has 0 unspecified atom stereocenters. The van der Waals surface area contributed by atoms with E-state index in [-0.39, 0.29) is 11.3 Å². The number of hydrogen-bond donors (Lipinski definition) is 0. The molecule has 4 rings (SSSR count). The van der Waals surface area contributed by atoms with Gasteiger partial charge in [-0.15, -0.1) is 0 Å². The molecule has 0 saturated carbocycles. The lowest BCUT2D eigenvalue weighted by atomic mass is 10.2. The Bertz CT molecular complexity index is 1030. The van der Waals surface area contributed by atoms with Crippen molar-refractivity contribution in [2.45, 2.75) is 20.0 Å². The highest BCUT2D eigenvalue weighted by Gasteiger charge is 2.16. The molecule has 0 aliphatic rings. The molecule has 5 nitrogen and oxygen atoms in total. The maximum Gasteiger partial charge on any atom is 0.192 e. The summed E-state index contributed by atoms with van der Waals surface area (Å²) in [5.74, 6) is 1.33. The Kier molecular flexibility index (Phi) is 3.58. The molecule has 0 aliphatic carbocycles. The predicted octanol–water partition coefficient (Wildman–Crippen LogP) is 4.88. The third-order valence-electron chi connectivity index (χ3n) is 3.52. The third-order valence-corrected chi connectivity index (χ3v) is 3.77. The van der Waals surface area contributed by atoms with Crippen LogP contribution in [0, 0.1) is 0 Å². The number of pyridine rings is 1. The average molecular weight is 340 g/mol. The van der Waals surface area contributed by atoms with Crippen LogP contribution in [-0.4, -0.2) is 21.1 Å². The SMILES string of the molecule is CC(C)Oc1ccc(-c2nc(Cl)c3oc4cccnc4c3n2)cc1. The number of rotatable bonds is 3. The topological polar surface area (TPSA) is 61.0 Å². The molecule has 0 radical (unpaired) electrons. The second kappa shape index (κ2) is 5.76. The van der Waals surface area contributed by atoms with Crippen molar-refractivity contribution in [3.05, 3.63) is 47.7 Å². The Balaban J connectivity index is 1.83. The van der Waals surface area contributed by atoms with E-state index in [1.165, 1.54) is 0 Å². The van der Waals surface area contributed by atoms with Crippen LogP contribution < -0.4 is 4.74 Å². The summed E-state index contributed by atoms with van der Waals surface area (Å²) in [5.41, 5.74) is 3.23. The van der Waals surface area contributed by atoms with E-state index in [1.54, 1.807) is 12.3 Å². The predicted molar refractivity (Wildman–Crippen MR) is 93.3 cm³/mol. The molecule has 0 saturated heterocycles. The van der Waals surface area contributed by atoms with E-state index in [0.29, 0.717) is 28.0 Å². The number of aromatic nitrogens is 3. The fourth-order valence-corrected chi connectivity index (χ4v) is 2.73. The average Bonchev–Trinajstić information content (AvgIpc) is 2.94. The number of fused-ring (bicyclic) bond motifs is 3. The largest absolute Gasteiger partial charge is 0.491 e. The minimum Gasteiger partial charge on any atom is -0.491 e. The Morgan fingerprint density at radius 1 is 1.04 bits per heavy atom. The van der Waals surface area contributed by atoms with Gasteiger partial charge in [-0.2, -0.15) is 0 Å². The summed E-state index contributed by atoms with van der Waals surface area (Å²) in [6, 6.07) is 11.2. The molecule has 3 heterocycles. The normalized spacial score (nSPS) is 11.5. The van der Waals surface area contributed by atoms with Crippen molar-refractivity contribution in [2.75, 3.05) is 0 Å². The van der Waals surface area contributed by atoms with Crippen LogP contribution in [0.3, 0.4) is 0 Å². The quantitative estimate of drug-likeness (QED) is 0.498. The third kappa shape index (κ3) is 2.57. The molecule has 24 heavy (non-hydrogen) atoms. The maximum absolute atomic E-state index is 6.29. The molecule has 0 bridgehead atoms. The molecule has 0 atom stereocenters. The maximum atomic E-state index is 6.29. The molecule has 0 amide bonds. The van der Waals surface area contributed by atoms with Gasteiger partial charge in [0, 0.05) is 11.8 Å². The Morgan fingerprint density at radius 2 is 1.83 bits per heavy atom. The van der Waals surface area contributed by atoms with Gasteiger partial charge in [-0.05, 0) is 50.2 Å².